The first-order valence-corrected chi connectivity index (χ1v) is 5.31. The quantitative estimate of drug-likeness (QED) is 0.638. The van der Waals surface area contributed by atoms with Gasteiger partial charge in [-0.05, 0) is 12.1 Å². The van der Waals surface area contributed by atoms with Crippen LogP contribution in [0.5, 0.6) is 0 Å². The van der Waals surface area contributed by atoms with Gasteiger partial charge >= 0.3 is 6.18 Å². The van der Waals surface area contributed by atoms with Crippen molar-refractivity contribution < 1.29 is 18.0 Å². The maximum atomic E-state index is 12.6. The minimum Gasteiger partial charge on any atom is -0.355 e. The Kier molecular flexibility index (Phi) is 4.78. The van der Waals surface area contributed by atoms with Crippen molar-refractivity contribution >= 4 is 5.91 Å². The van der Waals surface area contributed by atoms with Crippen LogP contribution in [-0.4, -0.2) is 12.5 Å². The summed E-state index contributed by atoms with van der Waals surface area (Å²) in [4.78, 5) is 10.6. The summed E-state index contributed by atoms with van der Waals surface area (Å²) in [5.74, 6) is 4.89. The van der Waals surface area contributed by atoms with Crippen molar-refractivity contribution in [1.82, 2.24) is 5.32 Å². The molecule has 0 aliphatic heterocycles. The lowest BCUT2D eigenvalue weighted by Crippen LogP contribution is -2.20. The van der Waals surface area contributed by atoms with Gasteiger partial charge in [-0.2, -0.15) is 13.2 Å². The molecule has 0 spiro atoms. The number of halogens is 3. The molecule has 1 aromatic carbocycles. The number of rotatable bonds is 2. The number of hydrogen-bond donors (Lipinski definition) is 1. The summed E-state index contributed by atoms with van der Waals surface area (Å²) in [7, 11) is 0. The van der Waals surface area contributed by atoms with Gasteiger partial charge in [0.25, 0.3) is 0 Å². The van der Waals surface area contributed by atoms with Crippen LogP contribution in [-0.2, 0) is 11.0 Å². The first-order chi connectivity index (χ1) is 8.41. The molecule has 1 amide bonds. The fraction of sp³-hybridized carbons (Fsp3) is 0.308. The molecule has 1 aromatic rings. The molecule has 18 heavy (non-hydrogen) atoms. The largest absolute Gasteiger partial charge is 0.417 e. The van der Waals surface area contributed by atoms with Crippen molar-refractivity contribution in [2.75, 3.05) is 6.54 Å². The Morgan fingerprint density at radius 1 is 1.33 bits per heavy atom. The van der Waals surface area contributed by atoms with Crippen molar-refractivity contribution in [2.45, 2.75) is 19.5 Å². The highest BCUT2D eigenvalue weighted by Crippen LogP contribution is 2.31. The third-order valence-corrected chi connectivity index (χ3v) is 2.08. The van der Waals surface area contributed by atoms with Crippen molar-refractivity contribution in [1.29, 1.82) is 0 Å². The van der Waals surface area contributed by atoms with Crippen LogP contribution < -0.4 is 5.32 Å². The summed E-state index contributed by atoms with van der Waals surface area (Å²) in [6.45, 7) is 1.70. The van der Waals surface area contributed by atoms with Gasteiger partial charge in [-0.25, -0.2) is 0 Å². The van der Waals surface area contributed by atoms with Crippen LogP contribution in [0.2, 0.25) is 0 Å². The molecule has 0 saturated heterocycles. The van der Waals surface area contributed by atoms with E-state index >= 15 is 0 Å². The molecule has 0 atom stereocenters. The third kappa shape index (κ3) is 4.50. The van der Waals surface area contributed by atoms with Crippen LogP contribution in [0.15, 0.2) is 24.3 Å². The van der Waals surface area contributed by atoms with E-state index in [1.54, 1.807) is 0 Å². The number of carbonyl (C=O) groups excluding carboxylic acids is 1. The average Bonchev–Trinajstić information content (AvgIpc) is 2.27. The molecule has 0 aromatic heterocycles. The van der Waals surface area contributed by atoms with Gasteiger partial charge < -0.3 is 5.32 Å². The number of nitrogens with one attached hydrogen (secondary N) is 1. The zero-order valence-electron chi connectivity index (χ0n) is 9.77. The molecule has 0 fully saturated rings. The maximum absolute atomic E-state index is 12.6. The van der Waals surface area contributed by atoms with E-state index in [2.05, 4.69) is 17.2 Å². The molecule has 2 nitrogen and oxygen atoms in total. The molecule has 5 heteroatoms. The summed E-state index contributed by atoms with van der Waals surface area (Å²) in [6, 6.07) is 5.16. The first kappa shape index (κ1) is 14.1. The standard InChI is InChI=1S/C13H12F3NO/c1-10(18)17-9-5-4-7-11-6-2-3-8-12(11)13(14,15)16/h2-3,6,8H,5,9H2,1H3,(H,17,18). The van der Waals surface area contributed by atoms with E-state index in [9.17, 15) is 18.0 Å². The van der Waals surface area contributed by atoms with Crippen molar-refractivity contribution in [3.8, 4) is 11.8 Å². The molecule has 0 saturated carbocycles. The Labute approximate surface area is 103 Å². The normalized spacial score (nSPS) is 10.4. The Morgan fingerprint density at radius 3 is 2.61 bits per heavy atom. The van der Waals surface area contributed by atoms with Gasteiger partial charge in [0.2, 0.25) is 5.91 Å². The monoisotopic (exact) mass is 255 g/mol. The first-order valence-electron chi connectivity index (χ1n) is 5.31. The molecule has 1 N–H and O–H groups in total. The van der Waals surface area contributed by atoms with Crippen molar-refractivity contribution in [2.24, 2.45) is 0 Å². The molecule has 96 valence electrons. The topological polar surface area (TPSA) is 29.1 Å². The van der Waals surface area contributed by atoms with E-state index in [0.717, 1.165) is 6.07 Å². The average molecular weight is 255 g/mol. The second-order valence-electron chi connectivity index (χ2n) is 3.58. The number of benzene rings is 1. The summed E-state index contributed by atoms with van der Waals surface area (Å²) in [5, 5.41) is 2.51. The van der Waals surface area contributed by atoms with E-state index in [0.29, 0.717) is 13.0 Å². The third-order valence-electron chi connectivity index (χ3n) is 2.08. The lowest BCUT2D eigenvalue weighted by atomic mass is 10.1. The van der Waals surface area contributed by atoms with Crippen molar-refractivity contribution in [3.63, 3.8) is 0 Å². The zero-order chi connectivity index (χ0) is 13.6. The fourth-order valence-electron chi connectivity index (χ4n) is 1.30. The van der Waals surface area contributed by atoms with E-state index < -0.39 is 11.7 Å². The smallest absolute Gasteiger partial charge is 0.355 e. The Balaban J connectivity index is 2.73. The van der Waals surface area contributed by atoms with E-state index in [1.165, 1.54) is 25.1 Å². The maximum Gasteiger partial charge on any atom is 0.417 e. The summed E-state index contributed by atoms with van der Waals surface area (Å²) < 4.78 is 37.8. The van der Waals surface area contributed by atoms with Gasteiger partial charge in [0.1, 0.15) is 0 Å². The van der Waals surface area contributed by atoms with E-state index in [4.69, 9.17) is 0 Å². The molecule has 0 bridgehead atoms. The van der Waals surface area contributed by atoms with Crippen LogP contribution in [0, 0.1) is 11.8 Å². The van der Waals surface area contributed by atoms with Crippen LogP contribution in [0.1, 0.15) is 24.5 Å². The Bertz CT molecular complexity index is 483. The second kappa shape index (κ2) is 6.10. The molecular weight excluding hydrogens is 243 g/mol. The highest BCUT2D eigenvalue weighted by Gasteiger charge is 2.32. The lowest BCUT2D eigenvalue weighted by molar-refractivity contribution is -0.137. The SMILES string of the molecule is CC(=O)NCCC#Cc1ccccc1C(F)(F)F. The van der Waals surface area contributed by atoms with Gasteiger partial charge in [0.05, 0.1) is 5.56 Å². The summed E-state index contributed by atoms with van der Waals surface area (Å²) in [6.07, 6.45) is -4.09. The minimum atomic E-state index is -4.40. The second-order valence-corrected chi connectivity index (χ2v) is 3.58. The molecule has 1 rings (SSSR count). The van der Waals surface area contributed by atoms with Crippen molar-refractivity contribution in [3.05, 3.63) is 35.4 Å². The number of carbonyl (C=O) groups is 1. The molecule has 0 heterocycles. The van der Waals surface area contributed by atoms with Gasteiger partial charge in [0.15, 0.2) is 0 Å². The Morgan fingerprint density at radius 2 is 2.00 bits per heavy atom. The highest BCUT2D eigenvalue weighted by atomic mass is 19.4. The van der Waals surface area contributed by atoms with Gasteiger partial charge in [0, 0.05) is 25.5 Å². The lowest BCUT2D eigenvalue weighted by Gasteiger charge is -2.08. The predicted molar refractivity (Wildman–Crippen MR) is 61.6 cm³/mol. The number of amides is 1. The van der Waals surface area contributed by atoms with Crippen LogP contribution >= 0.6 is 0 Å². The molecule has 0 aliphatic carbocycles. The molecular formula is C13H12F3NO. The van der Waals surface area contributed by atoms with Gasteiger partial charge in [-0.15, -0.1) is 0 Å². The van der Waals surface area contributed by atoms with E-state index in [-0.39, 0.29) is 11.5 Å². The number of hydrogen-bond acceptors (Lipinski definition) is 1. The Hall–Kier alpha value is -1.96. The zero-order valence-corrected chi connectivity index (χ0v) is 9.77. The molecule has 0 radical (unpaired) electrons. The molecule has 0 aliphatic rings. The minimum absolute atomic E-state index is 0.0483. The van der Waals surface area contributed by atoms with Gasteiger partial charge in [-0.3, -0.25) is 4.79 Å². The van der Waals surface area contributed by atoms with Crippen LogP contribution in [0.4, 0.5) is 13.2 Å². The summed E-state index contributed by atoms with van der Waals surface area (Å²) in [5.41, 5.74) is -0.787. The van der Waals surface area contributed by atoms with E-state index in [1.807, 2.05) is 0 Å². The summed E-state index contributed by atoms with van der Waals surface area (Å²) >= 11 is 0. The predicted octanol–water partition coefficient (Wildman–Crippen LogP) is 2.58. The van der Waals surface area contributed by atoms with Gasteiger partial charge in [-0.1, -0.05) is 24.0 Å². The number of alkyl halides is 3. The van der Waals surface area contributed by atoms with Crippen LogP contribution in [0.3, 0.4) is 0 Å². The van der Waals surface area contributed by atoms with Crippen LogP contribution in [0.25, 0.3) is 0 Å². The highest BCUT2D eigenvalue weighted by molar-refractivity contribution is 5.72. The fourth-order valence-corrected chi connectivity index (χ4v) is 1.30. The molecule has 0 unspecified atom stereocenters.